The minimum Gasteiger partial charge on any atom is -0.493 e. The zero-order valence-corrected chi connectivity index (χ0v) is 22.8. The maximum absolute atomic E-state index is 13.9. The average molecular weight is 536 g/mol. The maximum Gasteiger partial charge on any atom is 0.337 e. The number of allylic oxidation sites excluding steroid dienone is 3. The van der Waals surface area contributed by atoms with Gasteiger partial charge in [-0.1, -0.05) is 18.2 Å². The lowest BCUT2D eigenvalue weighted by atomic mass is 9.71. The summed E-state index contributed by atoms with van der Waals surface area (Å²) in [5.74, 6) is -0.421. The minimum absolute atomic E-state index is 0.0846. The van der Waals surface area contributed by atoms with Crippen LogP contribution in [0.4, 0.5) is 4.39 Å². The Morgan fingerprint density at radius 2 is 1.62 bits per heavy atom. The lowest BCUT2D eigenvalue weighted by molar-refractivity contribution is -0.144. The van der Waals surface area contributed by atoms with E-state index in [2.05, 4.69) is 5.32 Å². The van der Waals surface area contributed by atoms with Gasteiger partial charge in [-0.15, -0.1) is 0 Å². The predicted molar refractivity (Wildman–Crippen MR) is 143 cm³/mol. The first-order valence-corrected chi connectivity index (χ1v) is 13.4. The predicted octanol–water partition coefficient (Wildman–Crippen LogP) is 5.70. The number of halogens is 1. The number of esters is 1. The van der Waals surface area contributed by atoms with Crippen molar-refractivity contribution < 1.29 is 32.9 Å². The average Bonchev–Trinajstić information content (AvgIpc) is 3.44. The summed E-state index contributed by atoms with van der Waals surface area (Å²) in [6.07, 6.45) is 4.37. The number of nitrogens with one attached hydrogen (secondary N) is 1. The largest absolute Gasteiger partial charge is 0.493 e. The summed E-state index contributed by atoms with van der Waals surface area (Å²) >= 11 is 0. The first-order chi connectivity index (χ1) is 18.9. The zero-order chi connectivity index (χ0) is 27.7. The van der Waals surface area contributed by atoms with E-state index in [9.17, 15) is 14.0 Å². The first kappa shape index (κ1) is 26.8. The van der Waals surface area contributed by atoms with Gasteiger partial charge >= 0.3 is 5.97 Å². The molecule has 1 aliphatic heterocycles. The van der Waals surface area contributed by atoms with Crippen molar-refractivity contribution in [3.63, 3.8) is 0 Å². The van der Waals surface area contributed by atoms with Crippen molar-refractivity contribution in [3.05, 3.63) is 75.9 Å². The van der Waals surface area contributed by atoms with Gasteiger partial charge in [-0.3, -0.25) is 4.79 Å². The second-order valence-electron chi connectivity index (χ2n) is 10.3. The lowest BCUT2D eigenvalue weighted by Gasteiger charge is -2.37. The Labute approximate surface area is 228 Å². The zero-order valence-electron chi connectivity index (χ0n) is 22.8. The van der Waals surface area contributed by atoms with Crippen LogP contribution in [0.2, 0.25) is 0 Å². The molecule has 2 aromatic rings. The Hall–Kier alpha value is -3.81. The Morgan fingerprint density at radius 3 is 2.26 bits per heavy atom. The Kier molecular flexibility index (Phi) is 7.64. The van der Waals surface area contributed by atoms with Gasteiger partial charge in [-0.25, -0.2) is 9.18 Å². The van der Waals surface area contributed by atoms with Crippen LogP contribution in [0.5, 0.6) is 17.2 Å². The molecule has 206 valence electrons. The molecule has 0 unspecified atom stereocenters. The topological polar surface area (TPSA) is 83.1 Å². The van der Waals surface area contributed by atoms with E-state index in [1.165, 1.54) is 33.5 Å². The highest BCUT2D eigenvalue weighted by Gasteiger charge is 2.43. The van der Waals surface area contributed by atoms with Crippen LogP contribution in [-0.4, -0.2) is 39.2 Å². The molecule has 1 N–H and O–H groups in total. The monoisotopic (exact) mass is 535 g/mol. The summed E-state index contributed by atoms with van der Waals surface area (Å²) in [6.45, 7) is 1.83. The molecule has 2 atom stereocenters. The van der Waals surface area contributed by atoms with Crippen molar-refractivity contribution in [3.8, 4) is 17.2 Å². The lowest BCUT2D eigenvalue weighted by Crippen LogP contribution is -2.36. The number of methoxy groups -OCH3 is 3. The number of carbonyl (C=O) groups is 2. The van der Waals surface area contributed by atoms with E-state index < -0.39 is 11.9 Å². The number of dihydropyridines is 1. The summed E-state index contributed by atoms with van der Waals surface area (Å²) in [6, 6.07) is 9.85. The van der Waals surface area contributed by atoms with E-state index in [4.69, 9.17) is 18.9 Å². The molecular formula is C31H34FNO6. The standard InChI is InChI=1S/C31H34FNO6/c1-17-26(31(35)39-21-7-5-6-8-21)27(22-13-14-25(36-2)30(38-4)29(22)37-3)28-23(33-17)15-19(16-24(28)34)18-9-11-20(32)12-10-18/h9-14,19,21,27,33H,5-8,15-16H2,1-4H3/t19-,27+/m0/s1. The number of ether oxygens (including phenoxy) is 4. The van der Waals surface area contributed by atoms with Crippen LogP contribution >= 0.6 is 0 Å². The van der Waals surface area contributed by atoms with Crippen LogP contribution in [0, 0.1) is 5.82 Å². The Balaban J connectivity index is 1.63. The number of rotatable bonds is 7. The van der Waals surface area contributed by atoms with Gasteiger partial charge in [-0.2, -0.15) is 0 Å². The van der Waals surface area contributed by atoms with Gasteiger partial charge in [-0.05, 0) is 68.7 Å². The molecule has 3 aliphatic rings. The molecular weight excluding hydrogens is 501 g/mol. The maximum atomic E-state index is 13.9. The van der Waals surface area contributed by atoms with Crippen LogP contribution in [0.25, 0.3) is 0 Å². The second kappa shape index (κ2) is 11.1. The molecule has 1 heterocycles. The van der Waals surface area contributed by atoms with E-state index in [1.54, 1.807) is 18.2 Å². The molecule has 0 radical (unpaired) electrons. The van der Waals surface area contributed by atoms with E-state index in [1.807, 2.05) is 13.0 Å². The van der Waals surface area contributed by atoms with Gasteiger partial charge in [0.25, 0.3) is 0 Å². The second-order valence-corrected chi connectivity index (χ2v) is 10.3. The van der Waals surface area contributed by atoms with Crippen molar-refractivity contribution in [2.75, 3.05) is 21.3 Å². The number of Topliss-reactive ketones (excluding diaryl/α,β-unsaturated/α-hetero) is 1. The number of hydrogen-bond donors (Lipinski definition) is 1. The quantitative estimate of drug-likeness (QED) is 0.456. The summed E-state index contributed by atoms with van der Waals surface area (Å²) < 4.78 is 36.5. The Morgan fingerprint density at radius 1 is 0.923 bits per heavy atom. The first-order valence-electron chi connectivity index (χ1n) is 13.4. The fourth-order valence-electron chi connectivity index (χ4n) is 6.16. The third-order valence-corrected chi connectivity index (χ3v) is 8.01. The van der Waals surface area contributed by atoms with Crippen LogP contribution in [0.3, 0.4) is 0 Å². The molecule has 39 heavy (non-hydrogen) atoms. The van der Waals surface area contributed by atoms with Crippen LogP contribution in [-0.2, 0) is 14.3 Å². The van der Waals surface area contributed by atoms with Gasteiger partial charge in [0.05, 0.1) is 32.8 Å². The van der Waals surface area contributed by atoms with Crippen molar-refractivity contribution in [1.29, 1.82) is 0 Å². The SMILES string of the molecule is COc1ccc([C@@H]2C(C(=O)OC3CCCC3)=C(C)NC3=C2C(=O)C[C@@H](c2ccc(F)cc2)C3)c(OC)c1OC. The van der Waals surface area contributed by atoms with E-state index >= 15 is 0 Å². The number of benzene rings is 2. The smallest absolute Gasteiger partial charge is 0.337 e. The summed E-state index contributed by atoms with van der Waals surface area (Å²) in [5.41, 5.74) is 3.80. The van der Waals surface area contributed by atoms with E-state index in [0.29, 0.717) is 46.1 Å². The highest BCUT2D eigenvalue weighted by molar-refractivity contribution is 6.04. The van der Waals surface area contributed by atoms with E-state index in [-0.39, 0.29) is 30.0 Å². The van der Waals surface area contributed by atoms with Crippen LogP contribution < -0.4 is 19.5 Å². The van der Waals surface area contributed by atoms with Crippen LogP contribution in [0.1, 0.15) is 68.4 Å². The molecule has 8 heteroatoms. The molecule has 5 rings (SSSR count). The number of ketones is 1. The van der Waals surface area contributed by atoms with Crippen LogP contribution in [0.15, 0.2) is 58.9 Å². The van der Waals surface area contributed by atoms with Crippen molar-refractivity contribution in [1.82, 2.24) is 5.32 Å². The summed E-state index contributed by atoms with van der Waals surface area (Å²) in [4.78, 5) is 27.7. The number of hydrogen-bond acceptors (Lipinski definition) is 7. The van der Waals surface area contributed by atoms with Gasteiger partial charge < -0.3 is 24.3 Å². The number of carbonyl (C=O) groups excluding carboxylic acids is 2. The third kappa shape index (κ3) is 5.00. The fraction of sp³-hybridized carbons (Fsp3) is 0.419. The summed E-state index contributed by atoms with van der Waals surface area (Å²) in [7, 11) is 4.58. The minimum atomic E-state index is -0.716. The van der Waals surface area contributed by atoms with Gasteiger partial charge in [0.2, 0.25) is 5.75 Å². The molecule has 1 saturated carbocycles. The molecule has 7 nitrogen and oxygen atoms in total. The van der Waals surface area contributed by atoms with Gasteiger partial charge in [0, 0.05) is 29.0 Å². The molecule has 0 bridgehead atoms. The molecule has 2 aliphatic carbocycles. The van der Waals surface area contributed by atoms with Gasteiger partial charge in [0.1, 0.15) is 11.9 Å². The molecule has 2 aromatic carbocycles. The Bertz CT molecular complexity index is 1340. The highest BCUT2D eigenvalue weighted by atomic mass is 19.1. The molecule has 0 amide bonds. The van der Waals surface area contributed by atoms with E-state index in [0.717, 1.165) is 36.9 Å². The third-order valence-electron chi connectivity index (χ3n) is 8.01. The molecule has 0 saturated heterocycles. The molecule has 0 aromatic heterocycles. The fourth-order valence-corrected chi connectivity index (χ4v) is 6.16. The molecule has 0 spiro atoms. The normalized spacial score (nSPS) is 21.4. The van der Waals surface area contributed by atoms with Crippen molar-refractivity contribution in [2.45, 2.75) is 63.4 Å². The van der Waals surface area contributed by atoms with Crippen molar-refractivity contribution in [2.24, 2.45) is 0 Å². The molecule has 1 fully saturated rings. The van der Waals surface area contributed by atoms with Crippen molar-refractivity contribution >= 4 is 11.8 Å². The highest BCUT2D eigenvalue weighted by Crippen LogP contribution is 2.51. The van der Waals surface area contributed by atoms with Gasteiger partial charge in [0.15, 0.2) is 17.3 Å². The summed E-state index contributed by atoms with van der Waals surface area (Å²) in [5, 5.41) is 3.37.